The van der Waals surface area contributed by atoms with E-state index in [-0.39, 0.29) is 17.2 Å². The molecule has 1 saturated heterocycles. The first-order valence-corrected chi connectivity index (χ1v) is 7.34. The van der Waals surface area contributed by atoms with Crippen LogP contribution in [0.4, 0.5) is 5.69 Å². The molecule has 1 aromatic carbocycles. The zero-order chi connectivity index (χ0) is 15.9. The van der Waals surface area contributed by atoms with Gasteiger partial charge in [-0.05, 0) is 43.4 Å². The number of hydrogen-bond acceptors (Lipinski definition) is 2. The highest BCUT2D eigenvalue weighted by molar-refractivity contribution is 6.09. The SMILES string of the molecule is Cc1cccc(N2C(=O)C(C(C)(C)C)NC(=O)C2C)c1C. The summed E-state index contributed by atoms with van der Waals surface area (Å²) >= 11 is 0. The molecular weight excluding hydrogens is 264 g/mol. The van der Waals surface area contributed by atoms with Crippen molar-refractivity contribution in [1.29, 1.82) is 0 Å². The Hall–Kier alpha value is -1.84. The third kappa shape index (κ3) is 2.67. The fourth-order valence-electron chi connectivity index (χ4n) is 2.68. The van der Waals surface area contributed by atoms with Crippen molar-refractivity contribution in [1.82, 2.24) is 5.32 Å². The Labute approximate surface area is 126 Å². The zero-order valence-electron chi connectivity index (χ0n) is 13.7. The maximum Gasteiger partial charge on any atom is 0.250 e. The quantitative estimate of drug-likeness (QED) is 0.863. The first kappa shape index (κ1) is 15.5. The Morgan fingerprint density at radius 1 is 1.14 bits per heavy atom. The molecular formula is C17H24N2O2. The first-order valence-electron chi connectivity index (χ1n) is 7.34. The molecule has 0 radical (unpaired) electrons. The van der Waals surface area contributed by atoms with E-state index in [1.807, 2.05) is 52.8 Å². The normalized spacial score (nSPS) is 23.2. The number of benzene rings is 1. The van der Waals surface area contributed by atoms with Crippen LogP contribution in [0.2, 0.25) is 0 Å². The van der Waals surface area contributed by atoms with E-state index in [0.29, 0.717) is 0 Å². The highest BCUT2D eigenvalue weighted by Gasteiger charge is 2.44. The molecule has 2 unspecified atom stereocenters. The van der Waals surface area contributed by atoms with Crippen LogP contribution in [0.1, 0.15) is 38.8 Å². The van der Waals surface area contributed by atoms with E-state index in [4.69, 9.17) is 0 Å². The van der Waals surface area contributed by atoms with E-state index >= 15 is 0 Å². The number of nitrogens with one attached hydrogen (secondary N) is 1. The largest absolute Gasteiger partial charge is 0.342 e. The van der Waals surface area contributed by atoms with E-state index in [0.717, 1.165) is 16.8 Å². The molecule has 4 heteroatoms. The average Bonchev–Trinajstić information content (AvgIpc) is 2.37. The lowest BCUT2D eigenvalue weighted by Gasteiger charge is -2.42. The van der Waals surface area contributed by atoms with E-state index in [2.05, 4.69) is 5.32 Å². The van der Waals surface area contributed by atoms with Gasteiger partial charge in [-0.3, -0.25) is 14.5 Å². The monoisotopic (exact) mass is 288 g/mol. The number of anilines is 1. The molecule has 2 amide bonds. The van der Waals surface area contributed by atoms with Gasteiger partial charge in [-0.25, -0.2) is 0 Å². The molecule has 0 aromatic heterocycles. The molecule has 0 saturated carbocycles. The summed E-state index contributed by atoms with van der Waals surface area (Å²) in [5, 5.41) is 2.86. The van der Waals surface area contributed by atoms with Gasteiger partial charge in [0.1, 0.15) is 12.1 Å². The fraction of sp³-hybridized carbons (Fsp3) is 0.529. The van der Waals surface area contributed by atoms with Gasteiger partial charge in [0.15, 0.2) is 0 Å². The standard InChI is InChI=1S/C17H24N2O2/c1-10-8-7-9-13(11(10)2)19-12(3)15(20)18-14(16(19)21)17(4,5)6/h7-9,12,14H,1-6H3,(H,18,20). The summed E-state index contributed by atoms with van der Waals surface area (Å²) in [4.78, 5) is 26.8. The maximum atomic E-state index is 12.9. The first-order chi connectivity index (χ1) is 9.64. The van der Waals surface area contributed by atoms with Crippen LogP contribution in [0.3, 0.4) is 0 Å². The summed E-state index contributed by atoms with van der Waals surface area (Å²) in [6, 6.07) is 4.86. The van der Waals surface area contributed by atoms with Crippen molar-refractivity contribution in [2.24, 2.45) is 5.41 Å². The average molecular weight is 288 g/mol. The van der Waals surface area contributed by atoms with Crippen molar-refractivity contribution in [3.05, 3.63) is 29.3 Å². The molecule has 0 spiro atoms. The third-order valence-corrected chi connectivity index (χ3v) is 4.24. The molecule has 1 fully saturated rings. The maximum absolute atomic E-state index is 12.9. The lowest BCUT2D eigenvalue weighted by atomic mass is 9.83. The van der Waals surface area contributed by atoms with Crippen LogP contribution < -0.4 is 10.2 Å². The van der Waals surface area contributed by atoms with E-state index in [1.54, 1.807) is 11.8 Å². The van der Waals surface area contributed by atoms with Crippen LogP contribution in [0.5, 0.6) is 0 Å². The van der Waals surface area contributed by atoms with Crippen LogP contribution in [0, 0.1) is 19.3 Å². The van der Waals surface area contributed by atoms with Crippen molar-refractivity contribution in [2.75, 3.05) is 4.90 Å². The molecule has 1 N–H and O–H groups in total. The lowest BCUT2D eigenvalue weighted by Crippen LogP contribution is -2.66. The molecule has 21 heavy (non-hydrogen) atoms. The van der Waals surface area contributed by atoms with E-state index in [9.17, 15) is 9.59 Å². The molecule has 2 atom stereocenters. The highest BCUT2D eigenvalue weighted by Crippen LogP contribution is 2.31. The van der Waals surface area contributed by atoms with Gasteiger partial charge in [0, 0.05) is 5.69 Å². The minimum atomic E-state index is -0.499. The second kappa shape index (κ2) is 5.17. The Kier molecular flexibility index (Phi) is 3.83. The highest BCUT2D eigenvalue weighted by atomic mass is 16.2. The van der Waals surface area contributed by atoms with Gasteiger partial charge < -0.3 is 5.32 Å². The van der Waals surface area contributed by atoms with Crippen LogP contribution in [0.15, 0.2) is 18.2 Å². The molecule has 1 aromatic rings. The van der Waals surface area contributed by atoms with Crippen molar-refractivity contribution in [3.8, 4) is 0 Å². The van der Waals surface area contributed by atoms with Gasteiger partial charge >= 0.3 is 0 Å². The second-order valence-electron chi connectivity index (χ2n) is 6.91. The molecule has 1 aliphatic heterocycles. The van der Waals surface area contributed by atoms with Gasteiger partial charge in [-0.15, -0.1) is 0 Å². The number of amides is 2. The van der Waals surface area contributed by atoms with Gasteiger partial charge in [0.2, 0.25) is 5.91 Å². The summed E-state index contributed by atoms with van der Waals surface area (Å²) in [7, 11) is 0. The van der Waals surface area contributed by atoms with Crippen LogP contribution >= 0.6 is 0 Å². The molecule has 1 aliphatic rings. The van der Waals surface area contributed by atoms with E-state index < -0.39 is 12.1 Å². The minimum absolute atomic E-state index is 0.0386. The van der Waals surface area contributed by atoms with Crippen molar-refractivity contribution in [3.63, 3.8) is 0 Å². The number of carbonyl (C=O) groups excluding carboxylic acids is 2. The van der Waals surface area contributed by atoms with Gasteiger partial charge in [0.05, 0.1) is 0 Å². The van der Waals surface area contributed by atoms with Crippen LogP contribution in [0.25, 0.3) is 0 Å². The third-order valence-electron chi connectivity index (χ3n) is 4.24. The zero-order valence-corrected chi connectivity index (χ0v) is 13.7. The van der Waals surface area contributed by atoms with Gasteiger partial charge in [-0.1, -0.05) is 32.9 Å². The summed E-state index contributed by atoms with van der Waals surface area (Å²) < 4.78 is 0. The van der Waals surface area contributed by atoms with Crippen molar-refractivity contribution >= 4 is 17.5 Å². The number of hydrogen-bond donors (Lipinski definition) is 1. The number of nitrogens with zero attached hydrogens (tertiary/aromatic N) is 1. The number of piperazine rings is 1. The summed E-state index contributed by atoms with van der Waals surface area (Å²) in [6.07, 6.45) is 0. The second-order valence-corrected chi connectivity index (χ2v) is 6.91. The van der Waals surface area contributed by atoms with Gasteiger partial charge in [0.25, 0.3) is 5.91 Å². The topological polar surface area (TPSA) is 49.4 Å². The molecule has 4 nitrogen and oxygen atoms in total. The molecule has 0 aliphatic carbocycles. The smallest absolute Gasteiger partial charge is 0.250 e. The molecule has 0 bridgehead atoms. The van der Waals surface area contributed by atoms with E-state index in [1.165, 1.54) is 0 Å². The summed E-state index contributed by atoms with van der Waals surface area (Å²) in [5.74, 6) is -0.140. The Bertz CT molecular complexity index is 587. The fourth-order valence-corrected chi connectivity index (χ4v) is 2.68. The van der Waals surface area contributed by atoms with Gasteiger partial charge in [-0.2, -0.15) is 0 Å². The van der Waals surface area contributed by atoms with Crippen molar-refractivity contribution < 1.29 is 9.59 Å². The number of rotatable bonds is 1. The number of carbonyl (C=O) groups is 2. The van der Waals surface area contributed by atoms with Crippen LogP contribution in [-0.2, 0) is 9.59 Å². The van der Waals surface area contributed by atoms with Crippen molar-refractivity contribution in [2.45, 2.75) is 53.6 Å². The predicted molar refractivity (Wildman–Crippen MR) is 84.2 cm³/mol. The molecule has 114 valence electrons. The lowest BCUT2D eigenvalue weighted by molar-refractivity contribution is -0.136. The van der Waals surface area contributed by atoms with Crippen LogP contribution in [-0.4, -0.2) is 23.9 Å². The predicted octanol–water partition coefficient (Wildman–Crippen LogP) is 2.57. The number of aryl methyl sites for hydroxylation is 1. The Morgan fingerprint density at radius 2 is 1.76 bits per heavy atom. The summed E-state index contributed by atoms with van der Waals surface area (Å²) in [6.45, 7) is 11.7. The molecule has 1 heterocycles. The Balaban J connectivity index is 2.51. The minimum Gasteiger partial charge on any atom is -0.342 e. The molecule has 2 rings (SSSR count). The Morgan fingerprint density at radius 3 is 2.33 bits per heavy atom. The summed E-state index contributed by atoms with van der Waals surface area (Å²) in [5.41, 5.74) is 2.67.